The van der Waals surface area contributed by atoms with Gasteiger partial charge in [-0.05, 0) is 48.9 Å². The number of methoxy groups -OCH3 is 1. The minimum Gasteiger partial charge on any atom is -0.497 e. The highest BCUT2D eigenvalue weighted by Crippen LogP contribution is 2.16. The quantitative estimate of drug-likeness (QED) is 0.753. The third kappa shape index (κ3) is 3.60. The van der Waals surface area contributed by atoms with E-state index in [0.717, 1.165) is 17.1 Å². The van der Waals surface area contributed by atoms with Crippen LogP contribution < -0.4 is 9.47 Å². The molecule has 2 rings (SSSR count). The average molecular weight is 270 g/mol. The molecule has 0 fully saturated rings. The Bertz CT molecular complexity index is 556. The topological polar surface area (TPSA) is 35.5 Å². The molecule has 0 amide bonds. The second kappa shape index (κ2) is 6.75. The van der Waals surface area contributed by atoms with E-state index in [4.69, 9.17) is 9.47 Å². The fourth-order valence-corrected chi connectivity index (χ4v) is 1.93. The Kier molecular flexibility index (Phi) is 4.77. The molecule has 104 valence electrons. The fourth-order valence-electron chi connectivity index (χ4n) is 1.93. The summed E-state index contributed by atoms with van der Waals surface area (Å²) >= 11 is 0. The van der Waals surface area contributed by atoms with Crippen LogP contribution in [-0.4, -0.2) is 19.5 Å². The molecule has 3 heteroatoms. The number of hydrogen-bond acceptors (Lipinski definition) is 3. The summed E-state index contributed by atoms with van der Waals surface area (Å²) in [4.78, 5) is 12.2. The largest absolute Gasteiger partial charge is 0.497 e. The van der Waals surface area contributed by atoms with Crippen LogP contribution in [0.4, 0.5) is 0 Å². The van der Waals surface area contributed by atoms with Gasteiger partial charge in [0.05, 0.1) is 13.7 Å². The predicted molar refractivity (Wildman–Crippen MR) is 78.6 cm³/mol. The van der Waals surface area contributed by atoms with Crippen molar-refractivity contribution in [2.24, 2.45) is 0 Å². The van der Waals surface area contributed by atoms with Gasteiger partial charge in [0.25, 0.3) is 0 Å². The van der Waals surface area contributed by atoms with Crippen molar-refractivity contribution in [1.29, 1.82) is 0 Å². The summed E-state index contributed by atoms with van der Waals surface area (Å²) in [6.45, 7) is 2.56. The first-order chi connectivity index (χ1) is 9.72. The van der Waals surface area contributed by atoms with Crippen molar-refractivity contribution in [3.8, 4) is 11.5 Å². The van der Waals surface area contributed by atoms with Gasteiger partial charge in [-0.2, -0.15) is 0 Å². The molecule has 0 aliphatic heterocycles. The van der Waals surface area contributed by atoms with Crippen molar-refractivity contribution in [1.82, 2.24) is 0 Å². The van der Waals surface area contributed by atoms with Gasteiger partial charge in [-0.25, -0.2) is 0 Å². The minimum atomic E-state index is 0.0956. The number of ketones is 1. The maximum atomic E-state index is 12.2. The summed E-state index contributed by atoms with van der Waals surface area (Å²) in [5.41, 5.74) is 1.67. The lowest BCUT2D eigenvalue weighted by molar-refractivity contribution is 0.0993. The molecule has 0 aliphatic carbocycles. The molecule has 0 bridgehead atoms. The second-order valence-corrected chi connectivity index (χ2v) is 4.41. The van der Waals surface area contributed by atoms with Crippen molar-refractivity contribution in [2.75, 3.05) is 13.7 Å². The highest BCUT2D eigenvalue weighted by Gasteiger charge is 2.07. The third-order valence-electron chi connectivity index (χ3n) is 3.01. The van der Waals surface area contributed by atoms with Gasteiger partial charge in [-0.3, -0.25) is 4.79 Å². The molecule has 0 unspecified atom stereocenters. The molecule has 3 nitrogen and oxygen atoms in total. The molecule has 2 aromatic carbocycles. The SMILES string of the molecule is CCOc1ccc(C(=O)Cc2ccc(OC)cc2)cc1. The first kappa shape index (κ1) is 14.1. The van der Waals surface area contributed by atoms with Crippen molar-refractivity contribution in [3.05, 3.63) is 59.7 Å². The van der Waals surface area contributed by atoms with Crippen molar-refractivity contribution in [3.63, 3.8) is 0 Å². The van der Waals surface area contributed by atoms with E-state index in [0.29, 0.717) is 18.6 Å². The fraction of sp³-hybridized carbons (Fsp3) is 0.235. The van der Waals surface area contributed by atoms with Crippen LogP contribution in [-0.2, 0) is 6.42 Å². The van der Waals surface area contributed by atoms with Gasteiger partial charge in [-0.15, -0.1) is 0 Å². The van der Waals surface area contributed by atoms with Crippen LogP contribution in [0, 0.1) is 0 Å². The van der Waals surface area contributed by atoms with Crippen LogP contribution in [0.1, 0.15) is 22.8 Å². The van der Waals surface area contributed by atoms with Gasteiger partial charge < -0.3 is 9.47 Å². The number of carbonyl (C=O) groups excluding carboxylic acids is 1. The van der Waals surface area contributed by atoms with Crippen LogP contribution in [0.5, 0.6) is 11.5 Å². The minimum absolute atomic E-state index is 0.0956. The van der Waals surface area contributed by atoms with Gasteiger partial charge in [0.2, 0.25) is 0 Å². The maximum Gasteiger partial charge on any atom is 0.167 e. The Morgan fingerprint density at radius 1 is 0.950 bits per heavy atom. The van der Waals surface area contributed by atoms with Crippen LogP contribution in [0.25, 0.3) is 0 Å². The van der Waals surface area contributed by atoms with E-state index in [1.54, 1.807) is 19.2 Å². The van der Waals surface area contributed by atoms with Gasteiger partial charge in [0, 0.05) is 12.0 Å². The summed E-state index contributed by atoms with van der Waals surface area (Å²) in [6.07, 6.45) is 0.387. The lowest BCUT2D eigenvalue weighted by atomic mass is 10.0. The van der Waals surface area contributed by atoms with Crippen LogP contribution in [0.15, 0.2) is 48.5 Å². The molecule has 0 saturated heterocycles. The van der Waals surface area contributed by atoms with E-state index in [2.05, 4.69) is 0 Å². The zero-order valence-electron chi connectivity index (χ0n) is 11.8. The molecule has 0 spiro atoms. The second-order valence-electron chi connectivity index (χ2n) is 4.41. The molecule has 0 radical (unpaired) electrons. The normalized spacial score (nSPS) is 10.1. The summed E-state index contributed by atoms with van der Waals surface area (Å²) in [5, 5.41) is 0. The van der Waals surface area contributed by atoms with Gasteiger partial charge in [-0.1, -0.05) is 12.1 Å². The number of Topliss-reactive ketones (excluding diaryl/α,β-unsaturated/α-hetero) is 1. The number of carbonyl (C=O) groups is 1. The molecule has 0 aliphatic rings. The number of benzene rings is 2. The Morgan fingerprint density at radius 3 is 2.10 bits per heavy atom. The molecule has 20 heavy (non-hydrogen) atoms. The summed E-state index contributed by atoms with van der Waals surface area (Å²) in [7, 11) is 1.63. The lowest BCUT2D eigenvalue weighted by Gasteiger charge is -2.05. The van der Waals surface area contributed by atoms with E-state index in [-0.39, 0.29) is 5.78 Å². The standard InChI is InChI=1S/C17H18O3/c1-3-20-16-10-6-14(7-11-16)17(18)12-13-4-8-15(19-2)9-5-13/h4-11H,3,12H2,1-2H3. The number of rotatable bonds is 6. The predicted octanol–water partition coefficient (Wildman–Crippen LogP) is 3.52. The van der Waals surface area contributed by atoms with Crippen LogP contribution in [0.3, 0.4) is 0 Å². The summed E-state index contributed by atoms with van der Waals surface area (Å²) < 4.78 is 10.5. The van der Waals surface area contributed by atoms with E-state index < -0.39 is 0 Å². The third-order valence-corrected chi connectivity index (χ3v) is 3.01. The lowest BCUT2D eigenvalue weighted by Crippen LogP contribution is -2.03. The Hall–Kier alpha value is -2.29. The molecule has 0 heterocycles. The Morgan fingerprint density at radius 2 is 1.55 bits per heavy atom. The van der Waals surface area contributed by atoms with Crippen molar-refractivity contribution >= 4 is 5.78 Å². The molecule has 0 saturated carbocycles. The molecular formula is C17H18O3. The average Bonchev–Trinajstić information content (AvgIpc) is 2.49. The summed E-state index contributed by atoms with van der Waals surface area (Å²) in [6, 6.07) is 14.8. The zero-order chi connectivity index (χ0) is 14.4. The summed E-state index contributed by atoms with van der Waals surface area (Å²) in [5.74, 6) is 1.67. The molecular weight excluding hydrogens is 252 g/mol. The van der Waals surface area contributed by atoms with Gasteiger partial charge in [0.1, 0.15) is 11.5 Å². The van der Waals surface area contributed by atoms with Gasteiger partial charge in [0.15, 0.2) is 5.78 Å². The Balaban J connectivity index is 2.03. The molecule has 2 aromatic rings. The number of ether oxygens (including phenoxy) is 2. The van der Waals surface area contributed by atoms with Crippen LogP contribution in [0.2, 0.25) is 0 Å². The Labute approximate surface area is 119 Å². The van der Waals surface area contributed by atoms with Crippen molar-refractivity contribution < 1.29 is 14.3 Å². The maximum absolute atomic E-state index is 12.2. The molecule has 0 atom stereocenters. The highest BCUT2D eigenvalue weighted by molar-refractivity contribution is 5.97. The zero-order valence-corrected chi connectivity index (χ0v) is 11.8. The van der Waals surface area contributed by atoms with E-state index in [9.17, 15) is 4.79 Å². The van der Waals surface area contributed by atoms with E-state index in [1.165, 1.54) is 0 Å². The first-order valence-electron chi connectivity index (χ1n) is 6.62. The highest BCUT2D eigenvalue weighted by atomic mass is 16.5. The monoisotopic (exact) mass is 270 g/mol. The van der Waals surface area contributed by atoms with Crippen molar-refractivity contribution in [2.45, 2.75) is 13.3 Å². The number of hydrogen-bond donors (Lipinski definition) is 0. The van der Waals surface area contributed by atoms with Gasteiger partial charge >= 0.3 is 0 Å². The van der Waals surface area contributed by atoms with E-state index in [1.807, 2.05) is 43.3 Å². The first-order valence-corrected chi connectivity index (χ1v) is 6.62. The molecule has 0 aromatic heterocycles. The van der Waals surface area contributed by atoms with E-state index >= 15 is 0 Å². The molecule has 0 N–H and O–H groups in total. The smallest absolute Gasteiger partial charge is 0.167 e. The van der Waals surface area contributed by atoms with Crippen LogP contribution >= 0.6 is 0 Å².